The molecule has 0 radical (unpaired) electrons. The Balaban J connectivity index is 3.13. The summed E-state index contributed by atoms with van der Waals surface area (Å²) in [7, 11) is 1.77. The van der Waals surface area contributed by atoms with E-state index in [2.05, 4.69) is 5.32 Å². The van der Waals surface area contributed by atoms with Gasteiger partial charge in [-0.25, -0.2) is 9.59 Å². The molecule has 1 rings (SSSR count). The van der Waals surface area contributed by atoms with Crippen LogP contribution in [0.15, 0.2) is 24.3 Å². The summed E-state index contributed by atoms with van der Waals surface area (Å²) in [6.45, 7) is 0.611. The van der Waals surface area contributed by atoms with Crippen LogP contribution in [-0.2, 0) is 0 Å². The molecule has 0 bridgehead atoms. The standard InChI is InChI=1S/C12H13NO4/c1-13-6-2-3-8-4-5-9(11(14)15)7-10(8)12(16)17/h2-5,7,13H,6H2,1H3,(H,14,15)(H,16,17). The third kappa shape index (κ3) is 3.42. The van der Waals surface area contributed by atoms with Gasteiger partial charge in [0, 0.05) is 6.54 Å². The first-order valence-electron chi connectivity index (χ1n) is 4.98. The van der Waals surface area contributed by atoms with E-state index in [1.54, 1.807) is 19.2 Å². The van der Waals surface area contributed by atoms with Gasteiger partial charge in [0.1, 0.15) is 0 Å². The minimum absolute atomic E-state index is 0.0164. The number of aromatic carboxylic acids is 2. The van der Waals surface area contributed by atoms with Crippen LogP contribution >= 0.6 is 0 Å². The van der Waals surface area contributed by atoms with Crippen LogP contribution in [0, 0.1) is 0 Å². The molecule has 5 heteroatoms. The van der Waals surface area contributed by atoms with E-state index >= 15 is 0 Å². The number of nitrogens with one attached hydrogen (secondary N) is 1. The van der Waals surface area contributed by atoms with Crippen LogP contribution in [-0.4, -0.2) is 35.7 Å². The number of hydrogen-bond donors (Lipinski definition) is 3. The monoisotopic (exact) mass is 235 g/mol. The Morgan fingerprint density at radius 3 is 2.53 bits per heavy atom. The number of carbonyl (C=O) groups is 2. The third-order valence-corrected chi connectivity index (χ3v) is 2.15. The Labute approximate surface area is 98.4 Å². The van der Waals surface area contributed by atoms with E-state index in [4.69, 9.17) is 10.2 Å². The summed E-state index contributed by atoms with van der Waals surface area (Å²) in [6.07, 6.45) is 3.41. The lowest BCUT2D eigenvalue weighted by Gasteiger charge is -2.03. The van der Waals surface area contributed by atoms with Crippen LogP contribution in [0.5, 0.6) is 0 Å². The highest BCUT2D eigenvalue weighted by Crippen LogP contribution is 2.14. The molecule has 1 aromatic rings. The molecule has 0 aliphatic carbocycles. The van der Waals surface area contributed by atoms with Crippen LogP contribution in [0.25, 0.3) is 6.08 Å². The lowest BCUT2D eigenvalue weighted by atomic mass is 10.0. The average Bonchev–Trinajstić information content (AvgIpc) is 2.29. The molecule has 0 saturated carbocycles. The molecule has 0 heterocycles. The van der Waals surface area contributed by atoms with Gasteiger partial charge in [-0.2, -0.15) is 0 Å². The quantitative estimate of drug-likeness (QED) is 0.716. The predicted octanol–water partition coefficient (Wildman–Crippen LogP) is 1.32. The molecule has 0 aliphatic rings. The smallest absolute Gasteiger partial charge is 0.336 e. The number of carboxylic acids is 2. The van der Waals surface area contributed by atoms with Crippen LogP contribution in [0.3, 0.4) is 0 Å². The zero-order chi connectivity index (χ0) is 12.8. The Morgan fingerprint density at radius 1 is 1.29 bits per heavy atom. The largest absolute Gasteiger partial charge is 0.478 e. The second kappa shape index (κ2) is 5.81. The molecule has 17 heavy (non-hydrogen) atoms. The molecule has 0 fully saturated rings. The summed E-state index contributed by atoms with van der Waals surface area (Å²) >= 11 is 0. The number of benzene rings is 1. The normalized spacial score (nSPS) is 10.6. The maximum atomic E-state index is 11.0. The molecule has 0 aliphatic heterocycles. The Morgan fingerprint density at radius 2 is 2.00 bits per heavy atom. The molecule has 0 amide bonds. The summed E-state index contributed by atoms with van der Waals surface area (Å²) in [5, 5.41) is 20.6. The summed E-state index contributed by atoms with van der Waals surface area (Å²) < 4.78 is 0. The second-order valence-electron chi connectivity index (χ2n) is 3.37. The van der Waals surface area contributed by atoms with Gasteiger partial charge in [-0.05, 0) is 24.7 Å². The fourth-order valence-corrected chi connectivity index (χ4v) is 1.32. The van der Waals surface area contributed by atoms with Crippen LogP contribution < -0.4 is 5.32 Å². The van der Waals surface area contributed by atoms with Gasteiger partial charge in [-0.1, -0.05) is 18.2 Å². The third-order valence-electron chi connectivity index (χ3n) is 2.15. The highest BCUT2D eigenvalue weighted by Gasteiger charge is 2.11. The van der Waals surface area contributed by atoms with E-state index in [-0.39, 0.29) is 11.1 Å². The van der Waals surface area contributed by atoms with E-state index in [9.17, 15) is 9.59 Å². The van der Waals surface area contributed by atoms with Gasteiger partial charge in [-0.15, -0.1) is 0 Å². The number of likely N-dealkylation sites (N-methyl/N-ethyl adjacent to an activating group) is 1. The molecular formula is C12H13NO4. The highest BCUT2D eigenvalue weighted by molar-refractivity contribution is 5.96. The van der Waals surface area contributed by atoms with Crippen molar-refractivity contribution in [2.24, 2.45) is 0 Å². The summed E-state index contributed by atoms with van der Waals surface area (Å²) in [5.74, 6) is -2.28. The Kier molecular flexibility index (Phi) is 4.42. The van der Waals surface area contributed by atoms with E-state index < -0.39 is 11.9 Å². The van der Waals surface area contributed by atoms with E-state index in [1.165, 1.54) is 12.1 Å². The lowest BCUT2D eigenvalue weighted by molar-refractivity contribution is 0.0695. The van der Waals surface area contributed by atoms with Crippen molar-refractivity contribution in [1.29, 1.82) is 0 Å². The fraction of sp³-hybridized carbons (Fsp3) is 0.167. The first-order valence-corrected chi connectivity index (χ1v) is 4.98. The van der Waals surface area contributed by atoms with Crippen molar-refractivity contribution in [2.45, 2.75) is 0 Å². The van der Waals surface area contributed by atoms with Crippen molar-refractivity contribution >= 4 is 18.0 Å². The van der Waals surface area contributed by atoms with Gasteiger partial charge in [0.2, 0.25) is 0 Å². The lowest BCUT2D eigenvalue weighted by Crippen LogP contribution is -2.06. The van der Waals surface area contributed by atoms with Gasteiger partial charge in [0.05, 0.1) is 11.1 Å². The van der Waals surface area contributed by atoms with Gasteiger partial charge >= 0.3 is 11.9 Å². The Hall–Kier alpha value is -2.14. The van der Waals surface area contributed by atoms with Crippen molar-refractivity contribution in [2.75, 3.05) is 13.6 Å². The van der Waals surface area contributed by atoms with Crippen LogP contribution in [0.2, 0.25) is 0 Å². The fourth-order valence-electron chi connectivity index (χ4n) is 1.32. The number of rotatable bonds is 5. The zero-order valence-electron chi connectivity index (χ0n) is 9.30. The molecule has 0 aromatic heterocycles. The molecular weight excluding hydrogens is 222 g/mol. The molecule has 0 atom stereocenters. The Bertz CT molecular complexity index is 466. The molecule has 90 valence electrons. The van der Waals surface area contributed by atoms with Crippen molar-refractivity contribution in [3.63, 3.8) is 0 Å². The van der Waals surface area contributed by atoms with Crippen molar-refractivity contribution < 1.29 is 19.8 Å². The molecule has 1 aromatic carbocycles. The molecule has 0 unspecified atom stereocenters. The topological polar surface area (TPSA) is 86.6 Å². The van der Waals surface area contributed by atoms with E-state index in [0.29, 0.717) is 12.1 Å². The van der Waals surface area contributed by atoms with Crippen molar-refractivity contribution in [3.8, 4) is 0 Å². The van der Waals surface area contributed by atoms with Gasteiger partial charge < -0.3 is 15.5 Å². The number of carboxylic acid groups (broad SMARTS) is 2. The second-order valence-corrected chi connectivity index (χ2v) is 3.37. The maximum Gasteiger partial charge on any atom is 0.336 e. The SMILES string of the molecule is CNCC=Cc1ccc(C(=O)O)cc1C(=O)O. The summed E-state index contributed by atoms with van der Waals surface area (Å²) in [6, 6.07) is 4.02. The maximum absolute atomic E-state index is 11.0. The van der Waals surface area contributed by atoms with Gasteiger partial charge in [-0.3, -0.25) is 0 Å². The first-order chi connectivity index (χ1) is 8.06. The van der Waals surface area contributed by atoms with Gasteiger partial charge in [0.25, 0.3) is 0 Å². The average molecular weight is 235 g/mol. The van der Waals surface area contributed by atoms with Crippen LogP contribution in [0.4, 0.5) is 0 Å². The molecule has 3 N–H and O–H groups in total. The van der Waals surface area contributed by atoms with Crippen LogP contribution in [0.1, 0.15) is 26.3 Å². The highest BCUT2D eigenvalue weighted by atomic mass is 16.4. The summed E-state index contributed by atoms with van der Waals surface area (Å²) in [5.41, 5.74) is 0.433. The minimum atomic E-state index is -1.14. The molecule has 0 spiro atoms. The van der Waals surface area contributed by atoms with E-state index in [0.717, 1.165) is 6.07 Å². The predicted molar refractivity (Wildman–Crippen MR) is 63.3 cm³/mol. The van der Waals surface area contributed by atoms with Crippen molar-refractivity contribution in [3.05, 3.63) is 41.0 Å². The number of hydrogen-bond acceptors (Lipinski definition) is 3. The summed E-state index contributed by atoms with van der Waals surface area (Å²) in [4.78, 5) is 21.7. The van der Waals surface area contributed by atoms with E-state index in [1.807, 2.05) is 0 Å². The molecule has 5 nitrogen and oxygen atoms in total. The van der Waals surface area contributed by atoms with Crippen molar-refractivity contribution in [1.82, 2.24) is 5.32 Å². The van der Waals surface area contributed by atoms with Gasteiger partial charge in [0.15, 0.2) is 0 Å². The zero-order valence-corrected chi connectivity index (χ0v) is 9.30. The minimum Gasteiger partial charge on any atom is -0.478 e. The first kappa shape index (κ1) is 12.9. The molecule has 0 saturated heterocycles.